The molecule has 0 bridgehead atoms. The number of rotatable bonds is 3. The van der Waals surface area contributed by atoms with Crippen LogP contribution in [0.15, 0.2) is 36.8 Å². The fourth-order valence-corrected chi connectivity index (χ4v) is 4.08. The normalized spacial score (nSPS) is 22.6. The minimum absolute atomic E-state index is 0.140. The molecular formula is C20H26N2O3. The van der Waals surface area contributed by atoms with Crippen LogP contribution in [0, 0.1) is 5.92 Å². The van der Waals surface area contributed by atoms with Gasteiger partial charge in [-0.1, -0.05) is 12.1 Å². The summed E-state index contributed by atoms with van der Waals surface area (Å²) in [6, 6.07) is 8.28. The molecule has 3 aliphatic heterocycles. The zero-order chi connectivity index (χ0) is 17.1. The number of likely N-dealkylation sites (tertiary alicyclic amines) is 1. The number of hydrogen-bond acceptors (Lipinski definition) is 4. The maximum atomic E-state index is 12.8. The van der Waals surface area contributed by atoms with Crippen LogP contribution in [-0.4, -0.2) is 43.3 Å². The SMILES string of the molecule is O=C(c1ccc(C2CCNCC2)cc1)N1CCC(C2OC=CO2)CC1. The van der Waals surface area contributed by atoms with Crippen molar-refractivity contribution in [2.75, 3.05) is 26.2 Å². The summed E-state index contributed by atoms with van der Waals surface area (Å²) in [7, 11) is 0. The molecule has 3 heterocycles. The molecule has 2 saturated heterocycles. The number of nitrogens with one attached hydrogen (secondary N) is 1. The third kappa shape index (κ3) is 3.66. The Balaban J connectivity index is 1.33. The molecule has 25 heavy (non-hydrogen) atoms. The first-order valence-corrected chi connectivity index (χ1v) is 9.37. The molecular weight excluding hydrogens is 316 g/mol. The number of hydrogen-bond donors (Lipinski definition) is 1. The van der Waals surface area contributed by atoms with E-state index in [4.69, 9.17) is 9.47 Å². The predicted octanol–water partition coefficient (Wildman–Crippen LogP) is 2.85. The smallest absolute Gasteiger partial charge is 0.253 e. The standard InChI is InChI=1S/C20H26N2O3/c23-19(22-11-7-18(8-12-22)20-24-13-14-25-20)17-3-1-15(2-4-17)16-5-9-21-10-6-16/h1-4,13-14,16,18,20-21H,5-12H2. The van der Waals surface area contributed by atoms with Crippen LogP contribution in [0.1, 0.15) is 47.5 Å². The second kappa shape index (κ2) is 7.48. The number of amides is 1. The molecule has 0 atom stereocenters. The van der Waals surface area contributed by atoms with Gasteiger partial charge in [-0.3, -0.25) is 4.79 Å². The van der Waals surface area contributed by atoms with E-state index in [9.17, 15) is 4.79 Å². The largest absolute Gasteiger partial charge is 0.459 e. The summed E-state index contributed by atoms with van der Waals surface area (Å²) < 4.78 is 10.9. The summed E-state index contributed by atoms with van der Waals surface area (Å²) in [5.41, 5.74) is 2.16. The molecule has 0 aromatic heterocycles. The highest BCUT2D eigenvalue weighted by Gasteiger charge is 2.31. The molecule has 134 valence electrons. The Bertz CT molecular complexity index is 606. The second-order valence-corrected chi connectivity index (χ2v) is 7.19. The molecule has 5 nitrogen and oxygen atoms in total. The van der Waals surface area contributed by atoms with Crippen molar-refractivity contribution < 1.29 is 14.3 Å². The lowest BCUT2D eigenvalue weighted by atomic mass is 9.89. The summed E-state index contributed by atoms with van der Waals surface area (Å²) in [6.45, 7) is 3.71. The van der Waals surface area contributed by atoms with Crippen LogP contribution in [0.3, 0.4) is 0 Å². The van der Waals surface area contributed by atoms with Gasteiger partial charge in [-0.25, -0.2) is 0 Å². The van der Waals surface area contributed by atoms with Crippen molar-refractivity contribution >= 4 is 5.91 Å². The highest BCUT2D eigenvalue weighted by Crippen LogP contribution is 2.28. The highest BCUT2D eigenvalue weighted by molar-refractivity contribution is 5.94. The molecule has 4 rings (SSSR count). The Morgan fingerprint density at radius 1 is 0.960 bits per heavy atom. The van der Waals surface area contributed by atoms with E-state index in [1.807, 2.05) is 17.0 Å². The van der Waals surface area contributed by atoms with E-state index in [0.29, 0.717) is 11.8 Å². The highest BCUT2D eigenvalue weighted by atomic mass is 16.7. The first-order valence-electron chi connectivity index (χ1n) is 9.37. The molecule has 0 aliphatic carbocycles. The Morgan fingerprint density at radius 3 is 2.24 bits per heavy atom. The Morgan fingerprint density at radius 2 is 1.60 bits per heavy atom. The summed E-state index contributed by atoms with van der Waals surface area (Å²) in [6.07, 6.45) is 7.25. The van der Waals surface area contributed by atoms with Crippen molar-refractivity contribution in [1.29, 1.82) is 0 Å². The maximum Gasteiger partial charge on any atom is 0.253 e. The molecule has 2 fully saturated rings. The molecule has 5 heteroatoms. The van der Waals surface area contributed by atoms with E-state index in [1.54, 1.807) is 12.5 Å². The van der Waals surface area contributed by atoms with Gasteiger partial charge in [-0.2, -0.15) is 0 Å². The molecule has 1 N–H and O–H groups in total. The number of piperidine rings is 2. The predicted molar refractivity (Wildman–Crippen MR) is 95.0 cm³/mol. The number of carbonyl (C=O) groups excluding carboxylic acids is 1. The lowest BCUT2D eigenvalue weighted by Crippen LogP contribution is -2.41. The molecule has 0 unspecified atom stereocenters. The van der Waals surface area contributed by atoms with Crippen molar-refractivity contribution in [2.24, 2.45) is 5.92 Å². The van der Waals surface area contributed by atoms with Gasteiger partial charge < -0.3 is 19.7 Å². The molecule has 1 amide bonds. The zero-order valence-electron chi connectivity index (χ0n) is 14.5. The van der Waals surface area contributed by atoms with Crippen LogP contribution >= 0.6 is 0 Å². The molecule has 1 aromatic rings. The van der Waals surface area contributed by atoms with Crippen molar-refractivity contribution in [2.45, 2.75) is 37.9 Å². The van der Waals surface area contributed by atoms with Gasteiger partial charge in [0, 0.05) is 24.6 Å². The van der Waals surface area contributed by atoms with Crippen LogP contribution in [0.25, 0.3) is 0 Å². The topological polar surface area (TPSA) is 50.8 Å². The van der Waals surface area contributed by atoms with Crippen LogP contribution in [-0.2, 0) is 9.47 Å². The van der Waals surface area contributed by atoms with E-state index in [0.717, 1.165) is 44.6 Å². The van der Waals surface area contributed by atoms with Crippen LogP contribution in [0.2, 0.25) is 0 Å². The summed E-state index contributed by atoms with van der Waals surface area (Å²) >= 11 is 0. The van der Waals surface area contributed by atoms with Gasteiger partial charge in [0.1, 0.15) is 12.5 Å². The van der Waals surface area contributed by atoms with E-state index >= 15 is 0 Å². The number of carbonyl (C=O) groups is 1. The average molecular weight is 342 g/mol. The van der Waals surface area contributed by atoms with Gasteiger partial charge in [-0.15, -0.1) is 0 Å². The van der Waals surface area contributed by atoms with E-state index in [2.05, 4.69) is 17.4 Å². The van der Waals surface area contributed by atoms with E-state index < -0.39 is 0 Å². The van der Waals surface area contributed by atoms with Gasteiger partial charge in [-0.05, 0) is 62.4 Å². The number of ether oxygens (including phenoxy) is 2. The average Bonchev–Trinajstić information content (AvgIpc) is 3.23. The lowest BCUT2D eigenvalue weighted by Gasteiger charge is -2.33. The van der Waals surface area contributed by atoms with Gasteiger partial charge >= 0.3 is 0 Å². The van der Waals surface area contributed by atoms with Gasteiger partial charge in [0.2, 0.25) is 6.29 Å². The monoisotopic (exact) mass is 342 g/mol. The summed E-state index contributed by atoms with van der Waals surface area (Å²) in [4.78, 5) is 14.7. The molecule has 1 aromatic carbocycles. The van der Waals surface area contributed by atoms with Crippen molar-refractivity contribution in [1.82, 2.24) is 10.2 Å². The zero-order valence-corrected chi connectivity index (χ0v) is 14.5. The van der Waals surface area contributed by atoms with Gasteiger partial charge in [0.15, 0.2) is 0 Å². The van der Waals surface area contributed by atoms with Gasteiger partial charge in [0.05, 0.1) is 0 Å². The summed E-state index contributed by atoms with van der Waals surface area (Å²) in [5.74, 6) is 1.13. The van der Waals surface area contributed by atoms with Crippen LogP contribution in [0.4, 0.5) is 0 Å². The molecule has 0 saturated carbocycles. The van der Waals surface area contributed by atoms with E-state index in [-0.39, 0.29) is 12.2 Å². The molecule has 0 radical (unpaired) electrons. The van der Waals surface area contributed by atoms with Crippen molar-refractivity contribution in [3.05, 3.63) is 47.9 Å². The third-order valence-electron chi connectivity index (χ3n) is 5.66. The quantitative estimate of drug-likeness (QED) is 0.918. The first-order chi connectivity index (χ1) is 12.3. The van der Waals surface area contributed by atoms with E-state index in [1.165, 1.54) is 18.4 Å². The van der Waals surface area contributed by atoms with Crippen LogP contribution < -0.4 is 5.32 Å². The fourth-order valence-electron chi connectivity index (χ4n) is 4.08. The molecule has 3 aliphatic rings. The Hall–Kier alpha value is -2.01. The van der Waals surface area contributed by atoms with Crippen LogP contribution in [0.5, 0.6) is 0 Å². The second-order valence-electron chi connectivity index (χ2n) is 7.19. The third-order valence-corrected chi connectivity index (χ3v) is 5.66. The minimum atomic E-state index is -0.165. The first kappa shape index (κ1) is 16.5. The van der Waals surface area contributed by atoms with Gasteiger partial charge in [0.25, 0.3) is 5.91 Å². The number of nitrogens with zero attached hydrogens (tertiary/aromatic N) is 1. The number of benzene rings is 1. The Kier molecular flexibility index (Phi) is 4.92. The van der Waals surface area contributed by atoms with Crippen molar-refractivity contribution in [3.8, 4) is 0 Å². The molecule has 0 spiro atoms. The Labute approximate surface area is 149 Å². The summed E-state index contributed by atoms with van der Waals surface area (Å²) in [5, 5.41) is 3.40. The minimum Gasteiger partial charge on any atom is -0.459 e. The maximum absolute atomic E-state index is 12.8. The lowest BCUT2D eigenvalue weighted by molar-refractivity contribution is -0.0804. The van der Waals surface area contributed by atoms with Crippen molar-refractivity contribution in [3.63, 3.8) is 0 Å². The fraction of sp³-hybridized carbons (Fsp3) is 0.550.